The summed E-state index contributed by atoms with van der Waals surface area (Å²) in [4.78, 5) is 25.1. The smallest absolute Gasteiger partial charge is 0.475 e. The predicted molar refractivity (Wildman–Crippen MR) is 102 cm³/mol. The lowest BCUT2D eigenvalue weighted by Gasteiger charge is -2.36. The van der Waals surface area contributed by atoms with Gasteiger partial charge in [-0.25, -0.2) is 4.79 Å². The number of aliphatic carboxylic acids is 1. The van der Waals surface area contributed by atoms with Crippen LogP contribution in [-0.2, 0) is 20.9 Å². The van der Waals surface area contributed by atoms with Crippen LogP contribution in [0.5, 0.6) is 11.5 Å². The minimum absolute atomic E-state index is 0.0858. The maximum atomic E-state index is 12.1. The number of hydrogen-bond acceptors (Lipinski definition) is 6. The minimum atomic E-state index is -5.08. The normalized spacial score (nSPS) is 24.7. The van der Waals surface area contributed by atoms with Crippen molar-refractivity contribution in [2.75, 3.05) is 27.4 Å². The van der Waals surface area contributed by atoms with E-state index < -0.39 is 12.1 Å². The molecule has 1 N–H and O–H groups in total. The molecule has 0 unspecified atom stereocenters. The highest BCUT2D eigenvalue weighted by atomic mass is 19.4. The van der Waals surface area contributed by atoms with Crippen molar-refractivity contribution in [2.45, 2.75) is 50.2 Å². The fourth-order valence-electron chi connectivity index (χ4n) is 3.95. The van der Waals surface area contributed by atoms with Crippen molar-refractivity contribution >= 4 is 11.9 Å². The molecule has 0 aliphatic carbocycles. The Hall–Kier alpha value is -2.53. The lowest BCUT2D eigenvalue weighted by molar-refractivity contribution is -0.192. The Balaban J connectivity index is 0.000000339. The molecule has 31 heavy (non-hydrogen) atoms. The molecule has 0 aromatic heterocycles. The van der Waals surface area contributed by atoms with E-state index in [2.05, 4.69) is 17.0 Å². The number of ether oxygens (including phenoxy) is 3. The summed E-state index contributed by atoms with van der Waals surface area (Å²) in [7, 11) is 3.58. The molecule has 0 radical (unpaired) electrons. The van der Waals surface area contributed by atoms with Gasteiger partial charge in [0.2, 0.25) is 6.79 Å². The number of carbonyl (C=O) groups excluding carboxylic acids is 1. The number of halogens is 3. The summed E-state index contributed by atoms with van der Waals surface area (Å²) in [6.45, 7) is 2.20. The average Bonchev–Trinajstić information content (AvgIpc) is 3.33. The Morgan fingerprint density at radius 3 is 2.48 bits per heavy atom. The van der Waals surface area contributed by atoms with Crippen LogP contribution in [0, 0.1) is 0 Å². The summed E-state index contributed by atoms with van der Waals surface area (Å²) >= 11 is 0. The SMILES string of the molecule is CN(C)C(=O)[C@H]1CC[C@@H]2[C@@H](CCN2Cc2ccc3c(c2)OCO3)O1.O=C(O)C(F)(F)F. The minimum Gasteiger partial charge on any atom is -0.475 e. The van der Waals surface area contributed by atoms with E-state index in [0.717, 1.165) is 43.9 Å². The van der Waals surface area contributed by atoms with Gasteiger partial charge in [-0.2, -0.15) is 13.2 Å². The Morgan fingerprint density at radius 1 is 1.16 bits per heavy atom. The summed E-state index contributed by atoms with van der Waals surface area (Å²) in [5, 5.41) is 7.12. The Morgan fingerprint density at radius 2 is 1.84 bits per heavy atom. The zero-order chi connectivity index (χ0) is 22.8. The topological polar surface area (TPSA) is 88.5 Å². The number of benzene rings is 1. The van der Waals surface area contributed by atoms with Crippen molar-refractivity contribution in [3.63, 3.8) is 0 Å². The highest BCUT2D eigenvalue weighted by molar-refractivity contribution is 5.80. The number of fused-ring (bicyclic) bond motifs is 2. The molecule has 3 atom stereocenters. The van der Waals surface area contributed by atoms with E-state index in [-0.39, 0.29) is 18.1 Å². The highest BCUT2D eigenvalue weighted by Gasteiger charge is 2.42. The number of alkyl halides is 3. The molecule has 8 nitrogen and oxygen atoms in total. The van der Waals surface area contributed by atoms with Gasteiger partial charge in [0.05, 0.1) is 6.10 Å². The van der Waals surface area contributed by atoms with Gasteiger partial charge in [0, 0.05) is 33.2 Å². The third-order valence-electron chi connectivity index (χ3n) is 5.44. The molecule has 1 aromatic carbocycles. The van der Waals surface area contributed by atoms with Gasteiger partial charge in [-0.1, -0.05) is 6.07 Å². The van der Waals surface area contributed by atoms with E-state index in [1.807, 2.05) is 6.07 Å². The van der Waals surface area contributed by atoms with Crippen molar-refractivity contribution < 1.29 is 42.1 Å². The van der Waals surface area contributed by atoms with E-state index in [4.69, 9.17) is 24.1 Å². The molecule has 2 saturated heterocycles. The second-order valence-electron chi connectivity index (χ2n) is 7.79. The van der Waals surface area contributed by atoms with Crippen LogP contribution in [0.3, 0.4) is 0 Å². The highest BCUT2D eigenvalue weighted by Crippen LogP contribution is 2.36. The van der Waals surface area contributed by atoms with Crippen LogP contribution < -0.4 is 9.47 Å². The molecular formula is C20H25F3N2O6. The Bertz CT molecular complexity index is 817. The van der Waals surface area contributed by atoms with Crippen molar-refractivity contribution in [2.24, 2.45) is 0 Å². The molecule has 0 bridgehead atoms. The van der Waals surface area contributed by atoms with Crippen LogP contribution in [0.15, 0.2) is 18.2 Å². The molecule has 172 valence electrons. The molecule has 3 aliphatic heterocycles. The number of carbonyl (C=O) groups is 2. The molecule has 1 aromatic rings. The number of likely N-dealkylation sites (tertiary alicyclic amines) is 1. The lowest BCUT2D eigenvalue weighted by Crippen LogP contribution is -2.47. The molecule has 3 aliphatic rings. The number of amides is 1. The first-order valence-corrected chi connectivity index (χ1v) is 9.85. The fourth-order valence-corrected chi connectivity index (χ4v) is 3.95. The van der Waals surface area contributed by atoms with Crippen LogP contribution in [0.4, 0.5) is 13.2 Å². The van der Waals surface area contributed by atoms with E-state index in [9.17, 15) is 18.0 Å². The fraction of sp³-hybridized carbons (Fsp3) is 0.600. The summed E-state index contributed by atoms with van der Waals surface area (Å²) in [5.74, 6) is -1.01. The first kappa shape index (κ1) is 23.1. The van der Waals surface area contributed by atoms with Gasteiger partial charge < -0.3 is 24.2 Å². The van der Waals surface area contributed by atoms with Gasteiger partial charge in [0.1, 0.15) is 6.10 Å². The van der Waals surface area contributed by atoms with E-state index >= 15 is 0 Å². The van der Waals surface area contributed by atoms with Crippen LogP contribution in [-0.4, -0.2) is 78.6 Å². The lowest BCUT2D eigenvalue weighted by atomic mass is 9.98. The average molecular weight is 446 g/mol. The number of nitrogens with zero attached hydrogens (tertiary/aromatic N) is 2. The third-order valence-corrected chi connectivity index (χ3v) is 5.44. The summed E-state index contributed by atoms with van der Waals surface area (Å²) < 4.78 is 48.7. The van der Waals surface area contributed by atoms with Crippen molar-refractivity contribution in [3.8, 4) is 11.5 Å². The quantitative estimate of drug-likeness (QED) is 0.762. The predicted octanol–water partition coefficient (Wildman–Crippen LogP) is 2.26. The number of carboxylic acid groups (broad SMARTS) is 1. The zero-order valence-corrected chi connectivity index (χ0v) is 17.2. The van der Waals surface area contributed by atoms with Crippen molar-refractivity contribution in [1.82, 2.24) is 9.80 Å². The number of hydrogen-bond donors (Lipinski definition) is 1. The number of rotatable bonds is 3. The summed E-state index contributed by atoms with van der Waals surface area (Å²) in [6, 6.07) is 6.55. The van der Waals surface area contributed by atoms with Gasteiger partial charge >= 0.3 is 12.1 Å². The monoisotopic (exact) mass is 446 g/mol. The second-order valence-corrected chi connectivity index (χ2v) is 7.79. The first-order valence-electron chi connectivity index (χ1n) is 9.85. The molecule has 11 heteroatoms. The largest absolute Gasteiger partial charge is 0.490 e. The van der Waals surface area contributed by atoms with E-state index in [1.54, 1.807) is 19.0 Å². The second kappa shape index (κ2) is 9.31. The summed E-state index contributed by atoms with van der Waals surface area (Å²) in [6.07, 6.45) is -2.38. The number of likely N-dealkylation sites (N-methyl/N-ethyl adjacent to an activating group) is 1. The molecular weight excluding hydrogens is 421 g/mol. The number of carboxylic acids is 1. The standard InChI is InChI=1S/C18H24N2O4.C2HF3O2/c1-19(2)18(21)16-6-4-13-14(24-16)7-8-20(13)10-12-3-5-15-17(9-12)23-11-22-15;3-2(4,5)1(6)7/h3,5,9,13-14,16H,4,6-8,10-11H2,1-2H3;(H,6,7)/t13-,14-,16-;/m1./s1. The molecule has 4 rings (SSSR count). The van der Waals surface area contributed by atoms with Gasteiger partial charge in [-0.15, -0.1) is 0 Å². The van der Waals surface area contributed by atoms with Crippen LogP contribution in [0.25, 0.3) is 0 Å². The molecule has 3 heterocycles. The molecule has 2 fully saturated rings. The Labute approximate surface area is 177 Å². The maximum Gasteiger partial charge on any atom is 0.490 e. The van der Waals surface area contributed by atoms with Gasteiger partial charge in [0.25, 0.3) is 5.91 Å². The van der Waals surface area contributed by atoms with E-state index in [1.165, 1.54) is 5.56 Å². The van der Waals surface area contributed by atoms with Gasteiger partial charge in [-0.3, -0.25) is 9.69 Å². The van der Waals surface area contributed by atoms with Crippen molar-refractivity contribution in [3.05, 3.63) is 23.8 Å². The van der Waals surface area contributed by atoms with Crippen LogP contribution >= 0.6 is 0 Å². The molecule has 0 spiro atoms. The van der Waals surface area contributed by atoms with Crippen molar-refractivity contribution in [1.29, 1.82) is 0 Å². The van der Waals surface area contributed by atoms with Gasteiger partial charge in [-0.05, 0) is 37.0 Å². The first-order chi connectivity index (χ1) is 14.6. The maximum absolute atomic E-state index is 12.1. The van der Waals surface area contributed by atoms with Crippen LogP contribution in [0.2, 0.25) is 0 Å². The molecule has 0 saturated carbocycles. The zero-order valence-electron chi connectivity index (χ0n) is 17.2. The van der Waals surface area contributed by atoms with Crippen LogP contribution in [0.1, 0.15) is 24.8 Å². The molecule has 1 amide bonds. The third kappa shape index (κ3) is 5.59. The Kier molecular flexibility index (Phi) is 6.95. The van der Waals surface area contributed by atoms with Gasteiger partial charge in [0.15, 0.2) is 11.5 Å². The summed E-state index contributed by atoms with van der Waals surface area (Å²) in [5.41, 5.74) is 1.23. The van der Waals surface area contributed by atoms with E-state index in [0.29, 0.717) is 12.8 Å².